The number of hydrogen-bond acceptors (Lipinski definition) is 5. The Kier molecular flexibility index (Phi) is 3.46. The second-order valence-electron chi connectivity index (χ2n) is 3.84. The van der Waals surface area contributed by atoms with Crippen LogP contribution in [-0.4, -0.2) is 29.2 Å². The monoisotopic (exact) mass is 242 g/mol. The number of rotatable bonds is 3. The summed E-state index contributed by atoms with van der Waals surface area (Å²) < 4.78 is 5.50. The highest BCUT2D eigenvalue weighted by molar-refractivity contribution is 6.32. The molecule has 1 saturated heterocycles. The molecule has 1 aliphatic heterocycles. The molecule has 0 radical (unpaired) electrons. The molecule has 1 aromatic heterocycles. The molecular formula is C10H15ClN4O. The zero-order chi connectivity index (χ0) is 11.5. The number of anilines is 2. The molecule has 0 amide bonds. The van der Waals surface area contributed by atoms with Crippen LogP contribution in [0.15, 0.2) is 0 Å². The molecule has 0 saturated carbocycles. The lowest BCUT2D eigenvalue weighted by Crippen LogP contribution is -2.20. The number of aromatic nitrogens is 2. The van der Waals surface area contributed by atoms with E-state index >= 15 is 0 Å². The van der Waals surface area contributed by atoms with Crippen molar-refractivity contribution in [2.75, 3.05) is 24.2 Å². The number of halogens is 1. The van der Waals surface area contributed by atoms with Crippen LogP contribution in [0.25, 0.3) is 0 Å². The summed E-state index contributed by atoms with van der Waals surface area (Å²) in [5.74, 6) is 1.20. The van der Waals surface area contributed by atoms with Gasteiger partial charge in [-0.05, 0) is 19.8 Å². The molecule has 1 fully saturated rings. The maximum atomic E-state index is 5.87. The molecule has 0 aliphatic carbocycles. The Bertz CT molecular complexity index is 379. The fourth-order valence-electron chi connectivity index (χ4n) is 1.70. The third-order valence-electron chi connectivity index (χ3n) is 2.53. The minimum atomic E-state index is 0.244. The van der Waals surface area contributed by atoms with Gasteiger partial charge in [0.05, 0.1) is 6.10 Å². The van der Waals surface area contributed by atoms with Gasteiger partial charge in [0.15, 0.2) is 11.0 Å². The fourth-order valence-corrected chi connectivity index (χ4v) is 1.91. The van der Waals surface area contributed by atoms with Crippen LogP contribution in [-0.2, 0) is 4.74 Å². The minimum Gasteiger partial charge on any atom is -0.393 e. The standard InChI is InChI=1S/C10H15ClN4O/c1-6-14-9(11)8(12)10(15-6)13-5-7-3-2-4-16-7/h7H,2-5,12H2,1H3,(H,13,14,15). The predicted molar refractivity (Wildman–Crippen MR) is 63.7 cm³/mol. The summed E-state index contributed by atoms with van der Waals surface area (Å²) in [5, 5.41) is 3.44. The van der Waals surface area contributed by atoms with Crippen molar-refractivity contribution < 1.29 is 4.74 Å². The first-order valence-electron chi connectivity index (χ1n) is 5.32. The summed E-state index contributed by atoms with van der Waals surface area (Å²) in [5.41, 5.74) is 6.17. The van der Waals surface area contributed by atoms with Gasteiger partial charge in [-0.3, -0.25) is 0 Å². The van der Waals surface area contributed by atoms with Gasteiger partial charge in [0.25, 0.3) is 0 Å². The van der Waals surface area contributed by atoms with Gasteiger partial charge in [-0.15, -0.1) is 0 Å². The topological polar surface area (TPSA) is 73.1 Å². The number of nitrogens with one attached hydrogen (secondary N) is 1. The molecule has 1 atom stereocenters. The summed E-state index contributed by atoms with van der Waals surface area (Å²) in [6.07, 6.45) is 2.43. The van der Waals surface area contributed by atoms with E-state index in [4.69, 9.17) is 22.1 Å². The normalized spacial score (nSPS) is 20.0. The van der Waals surface area contributed by atoms with E-state index in [0.717, 1.165) is 19.4 Å². The van der Waals surface area contributed by atoms with Gasteiger partial charge >= 0.3 is 0 Å². The van der Waals surface area contributed by atoms with Gasteiger partial charge in [0, 0.05) is 13.2 Å². The number of ether oxygens (including phenoxy) is 1. The Morgan fingerprint density at radius 3 is 3.06 bits per heavy atom. The van der Waals surface area contributed by atoms with Gasteiger partial charge < -0.3 is 15.8 Å². The lowest BCUT2D eigenvalue weighted by Gasteiger charge is -2.13. The smallest absolute Gasteiger partial charge is 0.157 e. The van der Waals surface area contributed by atoms with Crippen LogP contribution in [0.4, 0.5) is 11.5 Å². The third kappa shape index (κ3) is 2.54. The molecule has 3 N–H and O–H groups in total. The van der Waals surface area contributed by atoms with E-state index in [-0.39, 0.29) is 6.10 Å². The van der Waals surface area contributed by atoms with Crippen LogP contribution in [0.1, 0.15) is 18.7 Å². The number of aryl methyl sites for hydroxylation is 1. The van der Waals surface area contributed by atoms with Crippen molar-refractivity contribution in [3.63, 3.8) is 0 Å². The highest BCUT2D eigenvalue weighted by Gasteiger charge is 2.16. The molecule has 5 nitrogen and oxygen atoms in total. The van der Waals surface area contributed by atoms with Crippen molar-refractivity contribution in [2.24, 2.45) is 0 Å². The Morgan fingerprint density at radius 2 is 2.38 bits per heavy atom. The van der Waals surface area contributed by atoms with E-state index in [9.17, 15) is 0 Å². The average molecular weight is 243 g/mol. The van der Waals surface area contributed by atoms with Gasteiger partial charge in [0.1, 0.15) is 11.5 Å². The molecule has 1 aromatic rings. The zero-order valence-electron chi connectivity index (χ0n) is 9.16. The van der Waals surface area contributed by atoms with Crippen molar-refractivity contribution in [3.8, 4) is 0 Å². The summed E-state index contributed by atoms with van der Waals surface area (Å²) in [6, 6.07) is 0. The molecule has 2 heterocycles. The van der Waals surface area contributed by atoms with E-state index in [1.54, 1.807) is 6.92 Å². The highest BCUT2D eigenvalue weighted by atomic mass is 35.5. The molecule has 2 rings (SSSR count). The first kappa shape index (κ1) is 11.4. The molecule has 0 spiro atoms. The van der Waals surface area contributed by atoms with E-state index in [2.05, 4.69) is 15.3 Å². The van der Waals surface area contributed by atoms with Crippen molar-refractivity contribution in [1.82, 2.24) is 9.97 Å². The first-order chi connectivity index (χ1) is 7.66. The summed E-state index contributed by atoms with van der Waals surface area (Å²) in [6.45, 7) is 3.32. The largest absolute Gasteiger partial charge is 0.393 e. The first-order valence-corrected chi connectivity index (χ1v) is 5.69. The van der Waals surface area contributed by atoms with E-state index in [1.165, 1.54) is 0 Å². The number of nitrogens with two attached hydrogens (primary N) is 1. The summed E-state index contributed by atoms with van der Waals surface area (Å²) in [7, 11) is 0. The quantitative estimate of drug-likeness (QED) is 0.788. The van der Waals surface area contributed by atoms with Gasteiger partial charge in [0.2, 0.25) is 0 Å². The Morgan fingerprint density at radius 1 is 1.56 bits per heavy atom. The lowest BCUT2D eigenvalue weighted by atomic mass is 10.2. The maximum Gasteiger partial charge on any atom is 0.157 e. The average Bonchev–Trinajstić information content (AvgIpc) is 2.74. The summed E-state index contributed by atoms with van der Waals surface area (Å²) in [4.78, 5) is 8.18. The predicted octanol–water partition coefficient (Wildman–Crippen LogP) is 1.61. The van der Waals surface area contributed by atoms with E-state index in [0.29, 0.717) is 29.0 Å². The van der Waals surface area contributed by atoms with Gasteiger partial charge in [-0.2, -0.15) is 0 Å². The minimum absolute atomic E-state index is 0.244. The number of hydrogen-bond donors (Lipinski definition) is 2. The van der Waals surface area contributed by atoms with Crippen LogP contribution in [0.5, 0.6) is 0 Å². The Labute approximate surface area is 99.4 Å². The van der Waals surface area contributed by atoms with Gasteiger partial charge in [-0.1, -0.05) is 11.6 Å². The van der Waals surface area contributed by atoms with E-state index in [1.807, 2.05) is 0 Å². The van der Waals surface area contributed by atoms with Crippen molar-refractivity contribution in [2.45, 2.75) is 25.9 Å². The molecule has 16 heavy (non-hydrogen) atoms. The van der Waals surface area contributed by atoms with Crippen LogP contribution in [0.2, 0.25) is 5.15 Å². The Balaban J connectivity index is 2.02. The molecule has 6 heteroatoms. The maximum absolute atomic E-state index is 5.87. The third-order valence-corrected chi connectivity index (χ3v) is 2.82. The van der Waals surface area contributed by atoms with Crippen LogP contribution in [0.3, 0.4) is 0 Å². The fraction of sp³-hybridized carbons (Fsp3) is 0.600. The van der Waals surface area contributed by atoms with Gasteiger partial charge in [-0.25, -0.2) is 9.97 Å². The van der Waals surface area contributed by atoms with Crippen molar-refractivity contribution in [3.05, 3.63) is 11.0 Å². The molecule has 88 valence electrons. The van der Waals surface area contributed by atoms with Crippen LogP contribution < -0.4 is 11.1 Å². The highest BCUT2D eigenvalue weighted by Crippen LogP contribution is 2.24. The SMILES string of the molecule is Cc1nc(Cl)c(N)c(NCC2CCCO2)n1. The Hall–Kier alpha value is -1.07. The molecule has 1 unspecified atom stereocenters. The molecule has 0 bridgehead atoms. The van der Waals surface area contributed by atoms with Crippen LogP contribution >= 0.6 is 11.6 Å². The lowest BCUT2D eigenvalue weighted by molar-refractivity contribution is 0.120. The van der Waals surface area contributed by atoms with Crippen molar-refractivity contribution >= 4 is 23.1 Å². The summed E-state index contributed by atoms with van der Waals surface area (Å²) >= 11 is 5.87. The molecular weight excluding hydrogens is 228 g/mol. The second kappa shape index (κ2) is 4.84. The van der Waals surface area contributed by atoms with Crippen LogP contribution in [0, 0.1) is 6.92 Å². The zero-order valence-corrected chi connectivity index (χ0v) is 9.92. The second-order valence-corrected chi connectivity index (χ2v) is 4.20. The molecule has 0 aromatic carbocycles. The number of nitrogen functional groups attached to an aromatic ring is 1. The van der Waals surface area contributed by atoms with Crippen molar-refractivity contribution in [1.29, 1.82) is 0 Å². The molecule has 1 aliphatic rings. The van der Waals surface area contributed by atoms with E-state index < -0.39 is 0 Å². The number of nitrogens with zero attached hydrogens (tertiary/aromatic N) is 2.